The van der Waals surface area contributed by atoms with Gasteiger partial charge in [-0.2, -0.15) is 0 Å². The number of carbonyl (C=O) groups excluding carboxylic acids is 1. The summed E-state index contributed by atoms with van der Waals surface area (Å²) in [6.07, 6.45) is 1.78. The standard InChI is InChI=1S/C23H27N3O3S/c1-5-12-26-21-11-8-18(15(2)3)13-20(21)16(4)22(26)23(27)25-14-17-6-9-19(10-7-17)30(24,28)29/h5-11,13,15H,1,12,14H2,2-4H3,(H,25,27)(H2,24,28,29). The van der Waals surface area contributed by atoms with Gasteiger partial charge in [-0.1, -0.05) is 38.1 Å². The SMILES string of the molecule is C=CCn1c(C(=O)NCc2ccc(S(N)(=O)=O)cc2)c(C)c2cc(C(C)C)ccc21. The number of nitrogens with two attached hydrogens (primary N) is 1. The third-order valence-corrected chi connectivity index (χ3v) is 6.17. The van der Waals surface area contributed by atoms with Crippen molar-refractivity contribution in [1.82, 2.24) is 9.88 Å². The number of sulfonamides is 1. The monoisotopic (exact) mass is 425 g/mol. The number of benzene rings is 2. The van der Waals surface area contributed by atoms with E-state index >= 15 is 0 Å². The molecule has 0 fully saturated rings. The molecule has 158 valence electrons. The highest BCUT2D eigenvalue weighted by Crippen LogP contribution is 2.29. The Balaban J connectivity index is 1.91. The number of aryl methyl sites for hydroxylation is 1. The van der Waals surface area contributed by atoms with Crippen LogP contribution in [0.2, 0.25) is 0 Å². The molecule has 0 spiro atoms. The second-order valence-electron chi connectivity index (χ2n) is 7.68. The number of allylic oxidation sites excluding steroid dienone is 1. The second kappa shape index (κ2) is 8.45. The van der Waals surface area contributed by atoms with Crippen LogP contribution < -0.4 is 10.5 Å². The van der Waals surface area contributed by atoms with Gasteiger partial charge in [0, 0.05) is 24.0 Å². The van der Waals surface area contributed by atoms with E-state index in [1.807, 2.05) is 11.5 Å². The number of hydrogen-bond acceptors (Lipinski definition) is 3. The predicted molar refractivity (Wildman–Crippen MR) is 120 cm³/mol. The topological polar surface area (TPSA) is 94.2 Å². The van der Waals surface area contributed by atoms with Gasteiger partial charge in [0.25, 0.3) is 5.91 Å². The van der Waals surface area contributed by atoms with E-state index < -0.39 is 10.0 Å². The molecule has 3 aromatic rings. The van der Waals surface area contributed by atoms with Crippen molar-refractivity contribution < 1.29 is 13.2 Å². The highest BCUT2D eigenvalue weighted by Gasteiger charge is 2.20. The Morgan fingerprint density at radius 1 is 1.20 bits per heavy atom. The largest absolute Gasteiger partial charge is 0.347 e. The quantitative estimate of drug-likeness (QED) is 0.563. The average Bonchev–Trinajstić information content (AvgIpc) is 2.97. The molecule has 0 aliphatic rings. The fraction of sp³-hybridized carbons (Fsp3) is 0.261. The van der Waals surface area contributed by atoms with Crippen LogP contribution in [0.5, 0.6) is 0 Å². The van der Waals surface area contributed by atoms with Crippen molar-refractivity contribution in [2.75, 3.05) is 0 Å². The van der Waals surface area contributed by atoms with Gasteiger partial charge in [-0.3, -0.25) is 4.79 Å². The minimum absolute atomic E-state index is 0.0421. The average molecular weight is 426 g/mol. The fourth-order valence-corrected chi connectivity index (χ4v) is 4.09. The molecule has 2 aromatic carbocycles. The van der Waals surface area contributed by atoms with Gasteiger partial charge >= 0.3 is 0 Å². The Labute approximate surface area is 177 Å². The van der Waals surface area contributed by atoms with E-state index in [1.165, 1.54) is 17.7 Å². The molecule has 6 nitrogen and oxygen atoms in total. The van der Waals surface area contributed by atoms with Crippen molar-refractivity contribution in [3.05, 3.63) is 77.5 Å². The number of aromatic nitrogens is 1. The molecule has 3 N–H and O–H groups in total. The van der Waals surface area contributed by atoms with Crippen LogP contribution in [-0.4, -0.2) is 18.9 Å². The number of hydrogen-bond donors (Lipinski definition) is 2. The number of amides is 1. The van der Waals surface area contributed by atoms with Crippen molar-refractivity contribution >= 4 is 26.8 Å². The first-order chi connectivity index (χ1) is 14.1. The summed E-state index contributed by atoms with van der Waals surface area (Å²) in [5.74, 6) is 0.210. The first-order valence-electron chi connectivity index (χ1n) is 9.77. The first-order valence-corrected chi connectivity index (χ1v) is 11.3. The van der Waals surface area contributed by atoms with Crippen molar-refractivity contribution in [2.45, 2.75) is 44.7 Å². The molecule has 0 unspecified atom stereocenters. The molecule has 30 heavy (non-hydrogen) atoms. The Morgan fingerprint density at radius 3 is 2.43 bits per heavy atom. The zero-order valence-electron chi connectivity index (χ0n) is 17.5. The predicted octanol–water partition coefficient (Wildman–Crippen LogP) is 3.84. The molecular weight excluding hydrogens is 398 g/mol. The number of nitrogens with zero attached hydrogens (tertiary/aromatic N) is 1. The van der Waals surface area contributed by atoms with Gasteiger partial charge in [0.1, 0.15) is 5.69 Å². The van der Waals surface area contributed by atoms with Gasteiger partial charge in [0.2, 0.25) is 10.0 Å². The fourth-order valence-electron chi connectivity index (χ4n) is 3.57. The lowest BCUT2D eigenvalue weighted by Gasteiger charge is -2.11. The van der Waals surface area contributed by atoms with E-state index in [0.29, 0.717) is 18.2 Å². The molecule has 0 aliphatic carbocycles. The number of carbonyl (C=O) groups is 1. The molecule has 0 radical (unpaired) electrons. The molecule has 1 heterocycles. The lowest BCUT2D eigenvalue weighted by molar-refractivity contribution is 0.0942. The van der Waals surface area contributed by atoms with E-state index in [1.54, 1.807) is 18.2 Å². The highest BCUT2D eigenvalue weighted by molar-refractivity contribution is 7.89. The zero-order chi connectivity index (χ0) is 22.1. The lowest BCUT2D eigenvalue weighted by Crippen LogP contribution is -2.26. The van der Waals surface area contributed by atoms with Gasteiger partial charge in [-0.05, 0) is 53.8 Å². The molecule has 0 bridgehead atoms. The summed E-state index contributed by atoms with van der Waals surface area (Å²) in [6, 6.07) is 12.5. The zero-order valence-corrected chi connectivity index (χ0v) is 18.3. The number of nitrogens with one attached hydrogen (secondary N) is 1. The summed E-state index contributed by atoms with van der Waals surface area (Å²) in [7, 11) is -3.74. The molecule has 3 rings (SSSR count). The van der Waals surface area contributed by atoms with E-state index in [-0.39, 0.29) is 17.3 Å². The van der Waals surface area contributed by atoms with Crippen LogP contribution >= 0.6 is 0 Å². The highest BCUT2D eigenvalue weighted by atomic mass is 32.2. The summed E-state index contributed by atoms with van der Waals surface area (Å²) in [4.78, 5) is 13.1. The maximum atomic E-state index is 13.1. The van der Waals surface area contributed by atoms with Crippen LogP contribution in [0.25, 0.3) is 10.9 Å². The van der Waals surface area contributed by atoms with Crippen LogP contribution in [0.3, 0.4) is 0 Å². The van der Waals surface area contributed by atoms with E-state index in [2.05, 4.69) is 43.9 Å². The minimum Gasteiger partial charge on any atom is -0.347 e. The summed E-state index contributed by atoms with van der Waals surface area (Å²) >= 11 is 0. The normalized spacial score (nSPS) is 11.8. The van der Waals surface area contributed by atoms with Crippen molar-refractivity contribution in [3.8, 4) is 0 Å². The van der Waals surface area contributed by atoms with Gasteiger partial charge in [-0.15, -0.1) is 6.58 Å². The Kier molecular flexibility index (Phi) is 6.14. The van der Waals surface area contributed by atoms with Gasteiger partial charge in [0.15, 0.2) is 0 Å². The van der Waals surface area contributed by atoms with E-state index in [9.17, 15) is 13.2 Å². The summed E-state index contributed by atoms with van der Waals surface area (Å²) in [6.45, 7) is 10.9. The third kappa shape index (κ3) is 4.32. The number of fused-ring (bicyclic) bond motifs is 1. The molecular formula is C23H27N3O3S. The molecule has 1 aromatic heterocycles. The molecule has 0 aliphatic heterocycles. The van der Waals surface area contributed by atoms with E-state index in [4.69, 9.17) is 5.14 Å². The Hall–Kier alpha value is -2.90. The third-order valence-electron chi connectivity index (χ3n) is 5.24. The van der Waals surface area contributed by atoms with Crippen LogP contribution in [0.1, 0.15) is 46.9 Å². The van der Waals surface area contributed by atoms with Crippen molar-refractivity contribution in [2.24, 2.45) is 5.14 Å². The number of primary sulfonamides is 1. The Bertz CT molecular complexity index is 1210. The van der Waals surface area contributed by atoms with E-state index in [0.717, 1.165) is 22.0 Å². The van der Waals surface area contributed by atoms with Crippen LogP contribution in [-0.2, 0) is 23.1 Å². The van der Waals surface area contributed by atoms with Gasteiger partial charge in [0.05, 0.1) is 4.90 Å². The maximum absolute atomic E-state index is 13.1. The van der Waals surface area contributed by atoms with Crippen molar-refractivity contribution in [3.63, 3.8) is 0 Å². The molecule has 1 amide bonds. The van der Waals surface area contributed by atoms with Crippen molar-refractivity contribution in [1.29, 1.82) is 0 Å². The summed E-state index contributed by atoms with van der Waals surface area (Å²) in [5, 5.41) is 9.12. The van der Waals surface area contributed by atoms with Crippen LogP contribution in [0, 0.1) is 6.92 Å². The summed E-state index contributed by atoms with van der Waals surface area (Å²) < 4.78 is 24.7. The molecule has 7 heteroatoms. The smallest absolute Gasteiger partial charge is 0.268 e. The van der Waals surface area contributed by atoms with Crippen LogP contribution in [0.15, 0.2) is 60.0 Å². The second-order valence-corrected chi connectivity index (χ2v) is 9.24. The summed E-state index contributed by atoms with van der Waals surface area (Å²) in [5.41, 5.74) is 4.54. The first kappa shape index (κ1) is 21.8. The van der Waals surface area contributed by atoms with Crippen LogP contribution in [0.4, 0.5) is 0 Å². The lowest BCUT2D eigenvalue weighted by atomic mass is 10.0. The molecule has 0 saturated carbocycles. The molecule has 0 saturated heterocycles. The number of rotatable bonds is 7. The maximum Gasteiger partial charge on any atom is 0.268 e. The van der Waals surface area contributed by atoms with Gasteiger partial charge in [-0.25, -0.2) is 13.6 Å². The molecule has 0 atom stereocenters. The Morgan fingerprint density at radius 2 is 1.87 bits per heavy atom. The minimum atomic E-state index is -3.74. The van der Waals surface area contributed by atoms with Gasteiger partial charge < -0.3 is 9.88 Å².